The lowest BCUT2D eigenvalue weighted by Crippen LogP contribution is -2.38. The van der Waals surface area contributed by atoms with Crippen molar-refractivity contribution in [3.63, 3.8) is 0 Å². The third kappa shape index (κ3) is 6.62. The summed E-state index contributed by atoms with van der Waals surface area (Å²) >= 11 is 7.39. The molecule has 1 fully saturated rings. The molecule has 1 amide bonds. The van der Waals surface area contributed by atoms with Crippen LogP contribution < -0.4 is 9.46 Å². The Morgan fingerprint density at radius 1 is 1.27 bits per heavy atom. The number of hydrogen-bond acceptors (Lipinski definition) is 5. The predicted octanol–water partition coefficient (Wildman–Crippen LogP) is 4.57. The van der Waals surface area contributed by atoms with E-state index in [4.69, 9.17) is 16.3 Å². The number of carbonyl (C=O) groups is 1. The maximum atomic E-state index is 13.8. The molecule has 1 aliphatic heterocycles. The molecule has 0 saturated carbocycles. The first-order valence-corrected chi connectivity index (χ1v) is 13.7. The number of sulfonamides is 1. The fraction of sp³-hybridized carbons (Fsp3) is 0.435. The summed E-state index contributed by atoms with van der Waals surface area (Å²) in [5.74, 6) is 1.07. The lowest BCUT2D eigenvalue weighted by atomic mass is 9.98. The van der Waals surface area contributed by atoms with E-state index in [1.165, 1.54) is 43.1 Å². The molecule has 0 bridgehead atoms. The van der Waals surface area contributed by atoms with Gasteiger partial charge in [0.25, 0.3) is 5.91 Å². The lowest BCUT2D eigenvalue weighted by Gasteiger charge is -2.30. The Balaban J connectivity index is 1.62. The monoisotopic (exact) mass is 514 g/mol. The normalized spacial score (nSPS) is 15.0. The van der Waals surface area contributed by atoms with Crippen molar-refractivity contribution < 1.29 is 22.3 Å². The Kier molecular flexibility index (Phi) is 9.03. The average Bonchev–Trinajstić information content (AvgIpc) is 2.80. The van der Waals surface area contributed by atoms with Crippen LogP contribution in [0.2, 0.25) is 5.02 Å². The number of carbonyl (C=O) groups excluding carboxylic acids is 1. The van der Waals surface area contributed by atoms with E-state index in [0.29, 0.717) is 46.8 Å². The third-order valence-electron chi connectivity index (χ3n) is 5.63. The van der Waals surface area contributed by atoms with Gasteiger partial charge in [0.05, 0.1) is 17.6 Å². The van der Waals surface area contributed by atoms with Crippen LogP contribution in [0.1, 0.15) is 35.7 Å². The Morgan fingerprint density at radius 3 is 2.67 bits per heavy atom. The van der Waals surface area contributed by atoms with Crippen molar-refractivity contribution in [3.05, 3.63) is 58.4 Å². The number of hydrogen-bond donors (Lipinski definition) is 1. The largest absolute Gasteiger partial charge is 0.496 e. The number of amides is 1. The molecule has 6 nitrogen and oxygen atoms in total. The minimum absolute atomic E-state index is 0.000763. The van der Waals surface area contributed by atoms with E-state index in [1.54, 1.807) is 17.0 Å². The lowest BCUT2D eigenvalue weighted by molar-refractivity contribution is 0.0693. The molecule has 0 spiro atoms. The number of halogens is 2. The molecule has 1 saturated heterocycles. The average molecular weight is 515 g/mol. The van der Waals surface area contributed by atoms with E-state index in [2.05, 4.69) is 11.6 Å². The van der Waals surface area contributed by atoms with E-state index in [-0.39, 0.29) is 28.7 Å². The third-order valence-corrected chi connectivity index (χ3v) is 8.43. The second-order valence-electron chi connectivity index (χ2n) is 7.99. The first-order chi connectivity index (χ1) is 15.7. The van der Waals surface area contributed by atoms with Gasteiger partial charge in [0.2, 0.25) is 10.0 Å². The number of piperidine rings is 1. The van der Waals surface area contributed by atoms with Gasteiger partial charge < -0.3 is 9.64 Å². The highest BCUT2D eigenvalue weighted by Crippen LogP contribution is 2.27. The highest BCUT2D eigenvalue weighted by Gasteiger charge is 2.26. The number of thioether (sulfide) groups is 1. The molecule has 10 heteroatoms. The molecule has 1 N–H and O–H groups in total. The van der Waals surface area contributed by atoms with Crippen molar-refractivity contribution >= 4 is 39.3 Å². The second kappa shape index (κ2) is 11.6. The molecule has 3 rings (SSSR count). The van der Waals surface area contributed by atoms with E-state index in [9.17, 15) is 17.6 Å². The summed E-state index contributed by atoms with van der Waals surface area (Å²) in [5.41, 5.74) is 0.635. The van der Waals surface area contributed by atoms with Crippen LogP contribution in [-0.2, 0) is 15.8 Å². The summed E-state index contributed by atoms with van der Waals surface area (Å²) in [5, 5.41) is 0.349. The van der Waals surface area contributed by atoms with Crippen molar-refractivity contribution in [2.75, 3.05) is 32.5 Å². The summed E-state index contributed by atoms with van der Waals surface area (Å²) in [6.07, 6.45) is 1.84. The van der Waals surface area contributed by atoms with Crippen molar-refractivity contribution in [2.45, 2.75) is 30.4 Å². The molecule has 33 heavy (non-hydrogen) atoms. The molecule has 1 aliphatic rings. The molecule has 0 radical (unpaired) electrons. The van der Waals surface area contributed by atoms with Gasteiger partial charge in [-0.15, -0.1) is 0 Å². The van der Waals surface area contributed by atoms with Crippen molar-refractivity contribution in [3.8, 4) is 5.75 Å². The molecule has 2 aromatic rings. The molecule has 180 valence electrons. The summed E-state index contributed by atoms with van der Waals surface area (Å²) < 4.78 is 47.3. The van der Waals surface area contributed by atoms with Crippen LogP contribution >= 0.6 is 23.4 Å². The van der Waals surface area contributed by atoms with E-state index in [1.807, 2.05) is 0 Å². The van der Waals surface area contributed by atoms with Crippen LogP contribution in [0.4, 0.5) is 4.39 Å². The zero-order valence-electron chi connectivity index (χ0n) is 18.6. The van der Waals surface area contributed by atoms with Crippen LogP contribution in [0, 0.1) is 11.7 Å². The molecule has 2 aromatic carbocycles. The highest BCUT2D eigenvalue weighted by atomic mass is 35.5. The zero-order chi connectivity index (χ0) is 24.0. The highest BCUT2D eigenvalue weighted by molar-refractivity contribution is 7.98. The van der Waals surface area contributed by atoms with Gasteiger partial charge in [-0.3, -0.25) is 4.79 Å². The molecule has 0 aliphatic carbocycles. The fourth-order valence-electron chi connectivity index (χ4n) is 3.58. The first-order valence-electron chi connectivity index (χ1n) is 10.7. The molecule has 0 unspecified atom stereocenters. The first kappa shape index (κ1) is 25.8. The topological polar surface area (TPSA) is 75.7 Å². The Bertz CT molecular complexity index is 1070. The number of ether oxygens (including phenoxy) is 1. The number of benzene rings is 2. The molecule has 1 heterocycles. The number of nitrogens with zero attached hydrogens (tertiary/aromatic N) is 1. The van der Waals surface area contributed by atoms with Gasteiger partial charge in [-0.1, -0.05) is 24.6 Å². The minimum atomic E-state index is -3.83. The van der Waals surface area contributed by atoms with Crippen molar-refractivity contribution in [1.29, 1.82) is 0 Å². The van der Waals surface area contributed by atoms with Crippen molar-refractivity contribution in [2.24, 2.45) is 5.92 Å². The zero-order valence-corrected chi connectivity index (χ0v) is 21.0. The molecule has 0 atom stereocenters. The van der Waals surface area contributed by atoms with Crippen LogP contribution in [0.15, 0.2) is 41.3 Å². The SMILES string of the molecule is COc1ccc(S(=O)(=O)NCCSCc2c(F)cccc2Cl)cc1C(=O)N1CCC(C)CC1. The van der Waals surface area contributed by atoms with Gasteiger partial charge in [-0.25, -0.2) is 17.5 Å². The second-order valence-corrected chi connectivity index (χ2v) is 11.3. The summed E-state index contributed by atoms with van der Waals surface area (Å²) in [7, 11) is -2.38. The van der Waals surface area contributed by atoms with E-state index < -0.39 is 10.0 Å². The van der Waals surface area contributed by atoms with Crippen molar-refractivity contribution in [1.82, 2.24) is 9.62 Å². The number of nitrogens with one attached hydrogen (secondary N) is 1. The van der Waals surface area contributed by atoms with Crippen LogP contribution in [-0.4, -0.2) is 51.7 Å². The Hall–Kier alpha value is -1.81. The molecular weight excluding hydrogens is 487 g/mol. The molecule has 0 aromatic heterocycles. The quantitative estimate of drug-likeness (QED) is 0.496. The fourth-order valence-corrected chi connectivity index (χ4v) is 5.96. The summed E-state index contributed by atoms with van der Waals surface area (Å²) in [6.45, 7) is 3.59. The smallest absolute Gasteiger partial charge is 0.257 e. The number of methoxy groups -OCH3 is 1. The predicted molar refractivity (Wildman–Crippen MR) is 130 cm³/mol. The minimum Gasteiger partial charge on any atom is -0.496 e. The Morgan fingerprint density at radius 2 is 2.00 bits per heavy atom. The summed E-state index contributed by atoms with van der Waals surface area (Å²) in [4.78, 5) is 14.8. The van der Waals surface area contributed by atoms with Gasteiger partial charge >= 0.3 is 0 Å². The number of likely N-dealkylation sites (tertiary alicyclic amines) is 1. The van der Waals surface area contributed by atoms with Crippen LogP contribution in [0.5, 0.6) is 5.75 Å². The van der Waals surface area contributed by atoms with Gasteiger partial charge in [-0.2, -0.15) is 11.8 Å². The maximum absolute atomic E-state index is 13.8. The van der Waals surface area contributed by atoms with Crippen LogP contribution in [0.25, 0.3) is 0 Å². The standard InChI is InChI=1S/C23H28ClFN2O4S2/c1-16-8-11-27(12-9-16)23(28)18-14-17(6-7-22(18)31-2)33(29,30)26-10-13-32-15-19-20(24)4-3-5-21(19)25/h3-7,14,16,26H,8-13,15H2,1-2H3. The van der Waals surface area contributed by atoms with Gasteiger partial charge in [0.15, 0.2) is 0 Å². The van der Waals surface area contributed by atoms with E-state index >= 15 is 0 Å². The Labute approximate surface area is 203 Å². The summed E-state index contributed by atoms with van der Waals surface area (Å²) in [6, 6.07) is 8.80. The van der Waals surface area contributed by atoms with Gasteiger partial charge in [-0.05, 0) is 49.1 Å². The van der Waals surface area contributed by atoms with Crippen LogP contribution in [0.3, 0.4) is 0 Å². The number of rotatable bonds is 9. The van der Waals surface area contributed by atoms with Gasteiger partial charge in [0.1, 0.15) is 11.6 Å². The van der Waals surface area contributed by atoms with E-state index in [0.717, 1.165) is 12.8 Å². The molecular formula is C23H28ClFN2O4S2. The van der Waals surface area contributed by atoms with Gasteiger partial charge in [0, 0.05) is 41.7 Å². The maximum Gasteiger partial charge on any atom is 0.257 e.